The lowest BCUT2D eigenvalue weighted by Gasteiger charge is -2.30. The molecule has 1 atom stereocenters. The smallest absolute Gasteiger partial charge is 0.247 e. The second-order valence-electron chi connectivity index (χ2n) is 6.82. The summed E-state index contributed by atoms with van der Waals surface area (Å²) in [5.41, 5.74) is 2.08. The molecule has 0 saturated heterocycles. The monoisotopic (exact) mass is 392 g/mol. The van der Waals surface area contributed by atoms with Crippen LogP contribution in [0.15, 0.2) is 65.1 Å². The summed E-state index contributed by atoms with van der Waals surface area (Å²) in [6.45, 7) is 6.71. The first-order valence-corrected chi connectivity index (χ1v) is 10.1. The minimum Gasteiger partial charge on any atom is -0.421 e. The predicted octanol–water partition coefficient (Wildman–Crippen LogP) is 3.87. The molecule has 6 nitrogen and oxygen atoms in total. The van der Waals surface area contributed by atoms with E-state index < -0.39 is 0 Å². The zero-order chi connectivity index (χ0) is 20.5. The van der Waals surface area contributed by atoms with Crippen LogP contribution in [0.5, 0.6) is 0 Å². The first kappa shape index (κ1) is 20.7. The van der Waals surface area contributed by atoms with E-state index in [0.717, 1.165) is 18.7 Å². The van der Waals surface area contributed by atoms with E-state index >= 15 is 0 Å². The quantitative estimate of drug-likeness (QED) is 0.567. The van der Waals surface area contributed by atoms with Crippen molar-refractivity contribution in [3.05, 3.63) is 72.1 Å². The molecule has 0 aliphatic carbocycles. The number of aromatic nitrogens is 2. The number of hydrogen-bond acceptors (Lipinski definition) is 5. The molecule has 0 fully saturated rings. The van der Waals surface area contributed by atoms with E-state index in [9.17, 15) is 4.79 Å². The number of nitrogens with zero attached hydrogens (tertiary/aromatic N) is 3. The molecule has 0 bridgehead atoms. The molecular formula is C23H28N4O2. The van der Waals surface area contributed by atoms with Gasteiger partial charge in [0.2, 0.25) is 17.7 Å². The normalized spacial score (nSPS) is 12.1. The number of carbonyl (C=O) groups excluding carboxylic acids is 1. The minimum absolute atomic E-state index is 0.0162. The highest BCUT2D eigenvalue weighted by atomic mass is 16.4. The van der Waals surface area contributed by atoms with Crippen molar-refractivity contribution in [3.8, 4) is 11.5 Å². The molecule has 6 heteroatoms. The van der Waals surface area contributed by atoms with Crippen LogP contribution < -0.4 is 5.32 Å². The van der Waals surface area contributed by atoms with Crippen molar-refractivity contribution < 1.29 is 9.21 Å². The highest BCUT2D eigenvalue weighted by Gasteiger charge is 2.19. The van der Waals surface area contributed by atoms with Gasteiger partial charge < -0.3 is 9.73 Å². The second kappa shape index (κ2) is 10.5. The molecule has 1 N–H and O–H groups in total. The van der Waals surface area contributed by atoms with Crippen LogP contribution in [-0.2, 0) is 11.2 Å². The molecule has 1 heterocycles. The molecule has 1 aromatic heterocycles. The number of amides is 1. The molecule has 0 spiro atoms. The molecule has 152 valence electrons. The van der Waals surface area contributed by atoms with Gasteiger partial charge in [-0.3, -0.25) is 9.69 Å². The fraction of sp³-hybridized carbons (Fsp3) is 0.348. The molecule has 2 aromatic carbocycles. The molecule has 3 rings (SSSR count). The maximum absolute atomic E-state index is 12.4. The van der Waals surface area contributed by atoms with E-state index in [0.29, 0.717) is 31.2 Å². The van der Waals surface area contributed by atoms with Gasteiger partial charge in [0.1, 0.15) is 0 Å². The topological polar surface area (TPSA) is 71.3 Å². The van der Waals surface area contributed by atoms with E-state index in [1.165, 1.54) is 5.56 Å². The molecule has 1 unspecified atom stereocenters. The van der Waals surface area contributed by atoms with Crippen LogP contribution in [0.3, 0.4) is 0 Å². The van der Waals surface area contributed by atoms with Crippen molar-refractivity contribution in [2.75, 3.05) is 19.6 Å². The van der Waals surface area contributed by atoms with E-state index in [1.807, 2.05) is 48.5 Å². The molecule has 29 heavy (non-hydrogen) atoms. The van der Waals surface area contributed by atoms with E-state index in [1.54, 1.807) is 0 Å². The summed E-state index contributed by atoms with van der Waals surface area (Å²) in [5.74, 6) is 0.937. The second-order valence-corrected chi connectivity index (χ2v) is 6.82. The molecular weight excluding hydrogens is 364 g/mol. The van der Waals surface area contributed by atoms with Crippen molar-refractivity contribution in [2.45, 2.75) is 32.7 Å². The predicted molar refractivity (Wildman–Crippen MR) is 113 cm³/mol. The van der Waals surface area contributed by atoms with Gasteiger partial charge >= 0.3 is 0 Å². The zero-order valence-electron chi connectivity index (χ0n) is 17.0. The lowest BCUT2D eigenvalue weighted by Crippen LogP contribution is -2.38. The molecule has 0 radical (unpaired) electrons. The highest BCUT2D eigenvalue weighted by molar-refractivity contribution is 5.76. The number of likely N-dealkylation sites (N-methyl/N-ethyl adjacent to an activating group) is 1. The third-order valence-corrected chi connectivity index (χ3v) is 4.98. The Bertz CT molecular complexity index is 876. The van der Waals surface area contributed by atoms with Gasteiger partial charge in [-0.2, -0.15) is 0 Å². The Labute approximate surface area is 172 Å². The lowest BCUT2D eigenvalue weighted by atomic mass is 10.0. The molecule has 0 aliphatic rings. The summed E-state index contributed by atoms with van der Waals surface area (Å²) in [5, 5.41) is 11.2. The first-order chi connectivity index (χ1) is 14.2. The largest absolute Gasteiger partial charge is 0.421 e. The van der Waals surface area contributed by atoms with Crippen molar-refractivity contribution in [3.63, 3.8) is 0 Å². The number of hydrogen-bond donors (Lipinski definition) is 1. The highest BCUT2D eigenvalue weighted by Crippen LogP contribution is 2.20. The summed E-state index contributed by atoms with van der Waals surface area (Å²) >= 11 is 0. The van der Waals surface area contributed by atoms with Gasteiger partial charge in [0.05, 0.1) is 6.04 Å². The number of nitrogens with one attached hydrogen (secondary N) is 1. The zero-order valence-corrected chi connectivity index (χ0v) is 17.0. The molecule has 3 aromatic rings. The average molecular weight is 393 g/mol. The maximum atomic E-state index is 12.4. The van der Waals surface area contributed by atoms with Crippen LogP contribution in [0.2, 0.25) is 0 Å². The molecule has 0 saturated carbocycles. The van der Waals surface area contributed by atoms with Crippen molar-refractivity contribution in [2.24, 2.45) is 0 Å². The molecule has 1 amide bonds. The van der Waals surface area contributed by atoms with E-state index in [-0.39, 0.29) is 11.9 Å². The van der Waals surface area contributed by atoms with Gasteiger partial charge in [-0.1, -0.05) is 62.4 Å². The van der Waals surface area contributed by atoms with Crippen LogP contribution >= 0.6 is 0 Å². The summed E-state index contributed by atoms with van der Waals surface area (Å²) in [6.07, 6.45) is 0.739. The Kier molecular flexibility index (Phi) is 7.53. The fourth-order valence-corrected chi connectivity index (χ4v) is 3.37. The SMILES string of the molecule is CCN(CC)C(CNC(=O)CCc1nnc(-c2ccccc2)o1)c1ccccc1. The van der Waals surface area contributed by atoms with Crippen LogP contribution in [0, 0.1) is 0 Å². The van der Waals surface area contributed by atoms with Crippen LogP contribution in [0.25, 0.3) is 11.5 Å². The first-order valence-electron chi connectivity index (χ1n) is 10.1. The summed E-state index contributed by atoms with van der Waals surface area (Å²) in [6, 6.07) is 20.1. The van der Waals surface area contributed by atoms with Crippen LogP contribution in [0.1, 0.15) is 37.8 Å². The molecule has 0 aliphatic heterocycles. The van der Waals surface area contributed by atoms with Gasteiger partial charge in [0, 0.05) is 24.9 Å². The van der Waals surface area contributed by atoms with Gasteiger partial charge in [0.15, 0.2) is 0 Å². The summed E-state index contributed by atoms with van der Waals surface area (Å²) in [4.78, 5) is 14.8. The standard InChI is InChI=1S/C23H28N4O2/c1-3-27(4-2)20(18-11-7-5-8-12-18)17-24-21(28)15-16-22-25-26-23(29-22)19-13-9-6-10-14-19/h5-14,20H,3-4,15-17H2,1-2H3,(H,24,28). The average Bonchev–Trinajstić information content (AvgIpc) is 3.25. The van der Waals surface area contributed by atoms with Crippen molar-refractivity contribution in [1.82, 2.24) is 20.4 Å². The van der Waals surface area contributed by atoms with Gasteiger partial charge in [0.25, 0.3) is 0 Å². The third kappa shape index (κ3) is 5.74. The van der Waals surface area contributed by atoms with Crippen LogP contribution in [0.4, 0.5) is 0 Å². The number of rotatable bonds is 10. The number of aryl methyl sites for hydroxylation is 1. The number of benzene rings is 2. The lowest BCUT2D eigenvalue weighted by molar-refractivity contribution is -0.121. The third-order valence-electron chi connectivity index (χ3n) is 4.98. The minimum atomic E-state index is -0.0162. The van der Waals surface area contributed by atoms with Gasteiger partial charge in [-0.05, 0) is 30.8 Å². The van der Waals surface area contributed by atoms with Gasteiger partial charge in [-0.15, -0.1) is 10.2 Å². The fourth-order valence-electron chi connectivity index (χ4n) is 3.37. The summed E-state index contributed by atoms with van der Waals surface area (Å²) < 4.78 is 5.68. The van der Waals surface area contributed by atoms with E-state index in [4.69, 9.17) is 4.42 Å². The summed E-state index contributed by atoms with van der Waals surface area (Å²) in [7, 11) is 0. The van der Waals surface area contributed by atoms with E-state index in [2.05, 4.69) is 46.4 Å². The Morgan fingerprint density at radius 3 is 2.31 bits per heavy atom. The maximum Gasteiger partial charge on any atom is 0.247 e. The van der Waals surface area contributed by atoms with Crippen molar-refractivity contribution in [1.29, 1.82) is 0 Å². The Hall–Kier alpha value is -2.99. The Morgan fingerprint density at radius 1 is 1.00 bits per heavy atom. The Balaban J connectivity index is 1.54. The van der Waals surface area contributed by atoms with Gasteiger partial charge in [-0.25, -0.2) is 0 Å². The van der Waals surface area contributed by atoms with Crippen molar-refractivity contribution >= 4 is 5.91 Å². The number of carbonyl (C=O) groups is 1. The Morgan fingerprint density at radius 2 is 1.66 bits per heavy atom. The van der Waals surface area contributed by atoms with Crippen LogP contribution in [-0.4, -0.2) is 40.6 Å².